The van der Waals surface area contributed by atoms with Crippen LogP contribution in [0, 0.1) is 0 Å². The van der Waals surface area contributed by atoms with Gasteiger partial charge in [-0.25, -0.2) is 9.97 Å². The Morgan fingerprint density at radius 1 is 0.600 bits per heavy atom. The predicted molar refractivity (Wildman–Crippen MR) is 229 cm³/mol. The van der Waals surface area contributed by atoms with E-state index in [2.05, 4.69) is 199 Å². The van der Waals surface area contributed by atoms with Crippen LogP contribution in [0.3, 0.4) is 0 Å². The Labute approximate surface area is 320 Å². The lowest BCUT2D eigenvalue weighted by Gasteiger charge is -2.49. The van der Waals surface area contributed by atoms with E-state index in [1.807, 2.05) is 0 Å². The molecule has 0 spiro atoms. The maximum Gasteiger partial charge on any atom is 0.235 e. The zero-order valence-electron chi connectivity index (χ0n) is 30.8. The number of benzene rings is 7. The molecule has 0 radical (unpaired) electrons. The minimum atomic E-state index is -0.142. The maximum absolute atomic E-state index is 5.39. The number of allylic oxidation sites excluding steroid dienone is 2. The zero-order chi connectivity index (χ0) is 36.7. The minimum Gasteiger partial charge on any atom is -0.334 e. The molecular weight excluding hydrogens is 669 g/mol. The maximum atomic E-state index is 5.39. The number of hydrogen-bond donors (Lipinski definition) is 0. The molecule has 2 aromatic heterocycles. The fourth-order valence-electron chi connectivity index (χ4n) is 9.34. The Hall–Kier alpha value is -6.78. The summed E-state index contributed by atoms with van der Waals surface area (Å²) in [6, 6.07) is 59.0. The van der Waals surface area contributed by atoms with Gasteiger partial charge in [0, 0.05) is 38.5 Å². The molecule has 1 unspecified atom stereocenters. The first-order chi connectivity index (χ1) is 27.0. The van der Waals surface area contributed by atoms with Crippen molar-refractivity contribution in [2.75, 3.05) is 4.90 Å². The molecule has 11 rings (SSSR count). The van der Waals surface area contributed by atoms with Crippen molar-refractivity contribution in [1.29, 1.82) is 0 Å². The first-order valence-electron chi connectivity index (χ1n) is 19.2. The standard InChI is InChI=1S/C51H38N4/c1-51(2)41-22-12-14-24-44(41)54(37-18-7-4-8-19-37)45-29-27-35(31-42(45)51)36-25-28-40-47(32-36)55(46-30-26-33-15-9-10-20-38(33)48(40)46)50-52-43-23-13-11-21-39(43)49(53-50)34-16-5-3-6-17-34/h3-28,30-32,45H,29H2,1-2H3. The number of fused-ring (bicyclic) bond motifs is 8. The lowest BCUT2D eigenvalue weighted by atomic mass is 9.67. The van der Waals surface area contributed by atoms with E-state index in [4.69, 9.17) is 9.97 Å². The number of hydrogen-bond acceptors (Lipinski definition) is 3. The minimum absolute atomic E-state index is 0.142. The van der Waals surface area contributed by atoms with Crippen LogP contribution in [0.5, 0.6) is 0 Å². The monoisotopic (exact) mass is 706 g/mol. The van der Waals surface area contributed by atoms with Crippen LogP contribution in [0.25, 0.3) is 66.3 Å². The lowest BCUT2D eigenvalue weighted by Crippen LogP contribution is -2.45. The molecule has 7 aromatic carbocycles. The van der Waals surface area contributed by atoms with Gasteiger partial charge in [0.25, 0.3) is 0 Å². The first kappa shape index (κ1) is 31.7. The molecule has 262 valence electrons. The van der Waals surface area contributed by atoms with Crippen LogP contribution in [-0.2, 0) is 5.41 Å². The summed E-state index contributed by atoms with van der Waals surface area (Å²) < 4.78 is 2.29. The second-order valence-electron chi connectivity index (χ2n) is 15.4. The average molecular weight is 707 g/mol. The van der Waals surface area contributed by atoms with E-state index < -0.39 is 0 Å². The van der Waals surface area contributed by atoms with E-state index in [-0.39, 0.29) is 11.5 Å². The van der Waals surface area contributed by atoms with Gasteiger partial charge < -0.3 is 4.90 Å². The summed E-state index contributed by atoms with van der Waals surface area (Å²) in [6.45, 7) is 4.78. The number of para-hydroxylation sites is 3. The van der Waals surface area contributed by atoms with E-state index in [1.54, 1.807) is 0 Å². The molecule has 2 aliphatic rings. The van der Waals surface area contributed by atoms with Gasteiger partial charge in [-0.2, -0.15) is 0 Å². The molecule has 0 saturated carbocycles. The molecule has 4 heteroatoms. The van der Waals surface area contributed by atoms with E-state index in [9.17, 15) is 0 Å². The third-order valence-corrected chi connectivity index (χ3v) is 12.0. The summed E-state index contributed by atoms with van der Waals surface area (Å²) in [4.78, 5) is 13.2. The Bertz CT molecular complexity index is 3040. The Morgan fingerprint density at radius 2 is 1.33 bits per heavy atom. The zero-order valence-corrected chi connectivity index (χ0v) is 30.8. The van der Waals surface area contributed by atoms with Gasteiger partial charge in [-0.05, 0) is 75.9 Å². The van der Waals surface area contributed by atoms with Crippen molar-refractivity contribution in [3.8, 4) is 17.2 Å². The van der Waals surface area contributed by atoms with E-state index in [1.165, 1.54) is 55.2 Å². The van der Waals surface area contributed by atoms with Crippen molar-refractivity contribution < 1.29 is 0 Å². The summed E-state index contributed by atoms with van der Waals surface area (Å²) in [7, 11) is 0. The van der Waals surface area contributed by atoms with Crippen LogP contribution < -0.4 is 4.90 Å². The first-order valence-corrected chi connectivity index (χ1v) is 19.2. The predicted octanol–water partition coefficient (Wildman–Crippen LogP) is 12.8. The molecule has 0 bridgehead atoms. The van der Waals surface area contributed by atoms with Gasteiger partial charge in [-0.15, -0.1) is 0 Å². The third kappa shape index (κ3) is 4.84. The summed E-state index contributed by atoms with van der Waals surface area (Å²) in [5.74, 6) is 0.671. The summed E-state index contributed by atoms with van der Waals surface area (Å²) in [6.07, 6.45) is 5.83. The molecule has 0 saturated heterocycles. The summed E-state index contributed by atoms with van der Waals surface area (Å²) >= 11 is 0. The number of anilines is 2. The fraction of sp³-hybridized carbons (Fsp3) is 0.0980. The molecule has 55 heavy (non-hydrogen) atoms. The van der Waals surface area contributed by atoms with Crippen molar-refractivity contribution in [2.24, 2.45) is 0 Å². The highest BCUT2D eigenvalue weighted by molar-refractivity contribution is 6.21. The molecule has 1 aliphatic heterocycles. The van der Waals surface area contributed by atoms with Gasteiger partial charge >= 0.3 is 0 Å². The topological polar surface area (TPSA) is 34.0 Å². The molecular formula is C51H38N4. The van der Waals surface area contributed by atoms with Crippen LogP contribution in [0.2, 0.25) is 0 Å². The average Bonchev–Trinajstić information content (AvgIpc) is 3.58. The van der Waals surface area contributed by atoms with Gasteiger partial charge in [0.05, 0.1) is 28.3 Å². The number of rotatable bonds is 4. The highest BCUT2D eigenvalue weighted by Gasteiger charge is 2.43. The van der Waals surface area contributed by atoms with Crippen molar-refractivity contribution in [3.05, 3.63) is 193 Å². The van der Waals surface area contributed by atoms with Gasteiger partial charge in [0.15, 0.2) is 0 Å². The Balaban J connectivity index is 1.14. The molecule has 1 aliphatic carbocycles. The smallest absolute Gasteiger partial charge is 0.235 e. The van der Waals surface area contributed by atoms with E-state index in [0.717, 1.165) is 39.6 Å². The van der Waals surface area contributed by atoms with Gasteiger partial charge in [-0.3, -0.25) is 4.57 Å². The van der Waals surface area contributed by atoms with Gasteiger partial charge in [0.2, 0.25) is 5.95 Å². The number of nitrogens with zero attached hydrogens (tertiary/aromatic N) is 4. The Morgan fingerprint density at radius 3 is 2.18 bits per heavy atom. The second-order valence-corrected chi connectivity index (χ2v) is 15.4. The number of aromatic nitrogens is 3. The third-order valence-electron chi connectivity index (χ3n) is 12.0. The van der Waals surface area contributed by atoms with Gasteiger partial charge in [0.1, 0.15) is 0 Å². The molecule has 3 heterocycles. The largest absolute Gasteiger partial charge is 0.334 e. The highest BCUT2D eigenvalue weighted by atomic mass is 15.2. The van der Waals surface area contributed by atoms with Crippen LogP contribution in [-0.4, -0.2) is 20.6 Å². The Kier molecular flexibility index (Phi) is 6.99. The van der Waals surface area contributed by atoms with E-state index >= 15 is 0 Å². The van der Waals surface area contributed by atoms with Crippen LogP contribution >= 0.6 is 0 Å². The van der Waals surface area contributed by atoms with E-state index in [0.29, 0.717) is 5.95 Å². The van der Waals surface area contributed by atoms with Crippen molar-refractivity contribution >= 4 is 60.4 Å². The normalized spacial score (nSPS) is 16.3. The van der Waals surface area contributed by atoms with Gasteiger partial charge in [-0.1, -0.05) is 153 Å². The molecule has 0 fully saturated rings. The SMILES string of the molecule is CC1(C)C2=CC(c3ccc4c5c6ccccc6ccc5n(-c5nc(-c6ccccc6)c6ccccc6n5)c4c3)=CCC2N(c2ccccc2)c2ccccc21. The molecule has 9 aromatic rings. The quantitative estimate of drug-likeness (QED) is 0.183. The molecule has 1 atom stereocenters. The highest BCUT2D eigenvalue weighted by Crippen LogP contribution is 2.52. The van der Waals surface area contributed by atoms with Crippen molar-refractivity contribution in [1.82, 2.24) is 14.5 Å². The molecule has 4 nitrogen and oxygen atoms in total. The van der Waals surface area contributed by atoms with Crippen molar-refractivity contribution in [3.63, 3.8) is 0 Å². The molecule has 0 amide bonds. The van der Waals surface area contributed by atoms with Crippen LogP contribution in [0.4, 0.5) is 11.4 Å². The van der Waals surface area contributed by atoms with Crippen LogP contribution in [0.1, 0.15) is 31.4 Å². The lowest BCUT2D eigenvalue weighted by molar-refractivity contribution is 0.523. The summed E-state index contributed by atoms with van der Waals surface area (Å²) in [5.41, 5.74) is 12.7. The fourth-order valence-corrected chi connectivity index (χ4v) is 9.34. The van der Waals surface area contributed by atoms with Crippen molar-refractivity contribution in [2.45, 2.75) is 31.7 Å². The van der Waals surface area contributed by atoms with Crippen LogP contribution in [0.15, 0.2) is 182 Å². The summed E-state index contributed by atoms with van der Waals surface area (Å²) in [5, 5.41) is 5.90. The molecule has 0 N–H and O–H groups in total. The second kappa shape index (κ2) is 12.1.